The predicted molar refractivity (Wildman–Crippen MR) is 77.9 cm³/mol. The van der Waals surface area contributed by atoms with Gasteiger partial charge in [-0.15, -0.1) is 0 Å². The van der Waals surface area contributed by atoms with E-state index in [0.29, 0.717) is 5.69 Å². The Hall–Kier alpha value is -1.51. The average Bonchev–Trinajstić information content (AvgIpc) is 2.28. The molecule has 0 radical (unpaired) electrons. The third kappa shape index (κ3) is 3.76. The molecule has 18 heavy (non-hydrogen) atoms. The van der Waals surface area contributed by atoms with Crippen LogP contribution in [-0.4, -0.2) is 5.91 Å². The summed E-state index contributed by atoms with van der Waals surface area (Å²) in [6.45, 7) is 8.95. The molecule has 1 aromatic carbocycles. The molecule has 0 unspecified atom stereocenters. The Morgan fingerprint density at radius 1 is 1.39 bits per heavy atom. The van der Waals surface area contributed by atoms with Crippen molar-refractivity contribution in [3.63, 3.8) is 0 Å². The Kier molecular flexibility index (Phi) is 5.20. The van der Waals surface area contributed by atoms with Crippen LogP contribution in [-0.2, 0) is 4.79 Å². The highest BCUT2D eigenvalue weighted by atomic mass is 35.5. The number of anilines is 1. The lowest BCUT2D eigenvalue weighted by Gasteiger charge is -2.09. The minimum atomic E-state index is -0.412. The van der Waals surface area contributed by atoms with Gasteiger partial charge in [0.1, 0.15) is 0 Å². The van der Waals surface area contributed by atoms with E-state index in [4.69, 9.17) is 23.2 Å². The second kappa shape index (κ2) is 6.43. The van der Waals surface area contributed by atoms with Crippen molar-refractivity contribution in [3.8, 4) is 0 Å². The van der Waals surface area contributed by atoms with E-state index >= 15 is 0 Å². The Labute approximate surface area is 117 Å². The molecule has 0 saturated heterocycles. The summed E-state index contributed by atoms with van der Waals surface area (Å²) < 4.78 is 0. The van der Waals surface area contributed by atoms with Gasteiger partial charge >= 0.3 is 0 Å². The molecule has 1 aromatic rings. The van der Waals surface area contributed by atoms with Gasteiger partial charge in [-0.05, 0) is 30.7 Å². The highest BCUT2D eigenvalue weighted by Gasteiger charge is 2.15. The number of hydrogen-bond acceptors (Lipinski definition) is 1. The molecular weight excluding hydrogens is 269 g/mol. The first kappa shape index (κ1) is 14.6. The highest BCUT2D eigenvalue weighted by molar-refractivity contribution is 6.41. The molecule has 4 heteroatoms. The van der Waals surface area contributed by atoms with Crippen LogP contribution in [0.5, 0.6) is 0 Å². The average molecular weight is 282 g/mol. The molecule has 0 spiro atoms. The number of aryl methyl sites for hydroxylation is 1. The molecule has 0 heterocycles. The van der Waals surface area contributed by atoms with E-state index in [9.17, 15) is 4.79 Å². The fourth-order valence-corrected chi connectivity index (χ4v) is 1.82. The molecule has 1 rings (SSSR count). The van der Waals surface area contributed by atoms with Gasteiger partial charge in [-0.2, -0.15) is 0 Å². The van der Waals surface area contributed by atoms with Gasteiger partial charge in [0.05, 0.1) is 10.6 Å². The number of allylic oxidation sites excluding steroid dienone is 2. The van der Waals surface area contributed by atoms with Crippen LogP contribution >= 0.6 is 23.2 Å². The monoisotopic (exact) mass is 281 g/mol. The van der Waals surface area contributed by atoms with Gasteiger partial charge in [-0.25, -0.2) is 0 Å². The summed E-state index contributed by atoms with van der Waals surface area (Å²) in [5, 5.41) is 2.95. The SMILES string of the molecule is C=C/C(Cl)=C(\C(=C)Cl)C(=O)Nc1cccc(C)c1. The molecule has 0 aromatic heterocycles. The summed E-state index contributed by atoms with van der Waals surface area (Å²) in [6.07, 6.45) is 1.35. The quantitative estimate of drug-likeness (QED) is 0.645. The van der Waals surface area contributed by atoms with Gasteiger partial charge in [0.2, 0.25) is 0 Å². The predicted octanol–water partition coefficient (Wildman–Crippen LogP) is 4.36. The maximum atomic E-state index is 12.0. The maximum Gasteiger partial charge on any atom is 0.258 e. The second-order valence-corrected chi connectivity index (χ2v) is 4.52. The van der Waals surface area contributed by atoms with Gasteiger partial charge in [0.15, 0.2) is 0 Å². The molecule has 0 atom stereocenters. The molecule has 94 valence electrons. The van der Waals surface area contributed by atoms with Gasteiger partial charge in [0.25, 0.3) is 5.91 Å². The molecule has 0 fully saturated rings. The first-order valence-corrected chi connectivity index (χ1v) is 5.96. The lowest BCUT2D eigenvalue weighted by Crippen LogP contribution is -2.15. The molecule has 1 N–H and O–H groups in total. The molecule has 0 aliphatic heterocycles. The number of rotatable bonds is 4. The van der Waals surface area contributed by atoms with Crippen molar-refractivity contribution >= 4 is 34.8 Å². The summed E-state index contributed by atoms with van der Waals surface area (Å²) in [7, 11) is 0. The highest BCUT2D eigenvalue weighted by Crippen LogP contribution is 2.22. The van der Waals surface area contributed by atoms with Gasteiger partial charge in [-0.1, -0.05) is 48.5 Å². The molecule has 2 nitrogen and oxygen atoms in total. The number of carbonyl (C=O) groups excluding carboxylic acids is 1. The van der Waals surface area contributed by atoms with E-state index in [-0.39, 0.29) is 15.6 Å². The Morgan fingerprint density at radius 3 is 2.56 bits per heavy atom. The molecule has 0 saturated carbocycles. The Morgan fingerprint density at radius 2 is 2.06 bits per heavy atom. The molecule has 0 aliphatic rings. The Bertz CT molecular complexity index is 532. The standard InChI is InChI=1S/C14H13Cl2NO/c1-4-12(16)13(10(3)15)14(18)17-11-7-5-6-9(2)8-11/h4-8H,1,3H2,2H3,(H,17,18)/b13-12-. The van der Waals surface area contributed by atoms with Crippen molar-refractivity contribution in [2.24, 2.45) is 0 Å². The summed E-state index contributed by atoms with van der Waals surface area (Å²) in [6, 6.07) is 7.40. The molecular formula is C14H13Cl2NO. The van der Waals surface area contributed by atoms with Crippen molar-refractivity contribution in [2.45, 2.75) is 6.92 Å². The second-order valence-electron chi connectivity index (χ2n) is 3.66. The topological polar surface area (TPSA) is 29.1 Å². The van der Waals surface area contributed by atoms with Crippen LogP contribution in [0.15, 0.2) is 59.1 Å². The number of amides is 1. The van der Waals surface area contributed by atoms with E-state index < -0.39 is 5.91 Å². The van der Waals surface area contributed by atoms with Crippen LogP contribution in [0.2, 0.25) is 0 Å². The van der Waals surface area contributed by atoms with Crippen molar-refractivity contribution < 1.29 is 4.79 Å². The summed E-state index contributed by atoms with van der Waals surface area (Å²) >= 11 is 11.6. The van der Waals surface area contributed by atoms with Crippen LogP contribution in [0.3, 0.4) is 0 Å². The first-order chi connectivity index (χ1) is 8.45. The fraction of sp³-hybridized carbons (Fsp3) is 0.0714. The van der Waals surface area contributed by atoms with E-state index in [1.54, 1.807) is 6.07 Å². The minimum Gasteiger partial charge on any atom is -0.322 e. The van der Waals surface area contributed by atoms with E-state index in [1.165, 1.54) is 6.08 Å². The smallest absolute Gasteiger partial charge is 0.258 e. The fourth-order valence-electron chi connectivity index (χ4n) is 1.38. The number of halogens is 2. The van der Waals surface area contributed by atoms with Crippen molar-refractivity contribution in [1.82, 2.24) is 0 Å². The van der Waals surface area contributed by atoms with Gasteiger partial charge in [0, 0.05) is 10.7 Å². The minimum absolute atomic E-state index is 0.0741. The zero-order valence-electron chi connectivity index (χ0n) is 9.97. The lowest BCUT2D eigenvalue weighted by atomic mass is 10.2. The maximum absolute atomic E-state index is 12.0. The summed E-state index contributed by atoms with van der Waals surface area (Å²) in [4.78, 5) is 12.0. The zero-order valence-corrected chi connectivity index (χ0v) is 11.5. The molecule has 0 bridgehead atoms. The third-order valence-corrected chi connectivity index (χ3v) is 2.72. The molecule has 0 aliphatic carbocycles. The van der Waals surface area contributed by atoms with E-state index in [2.05, 4.69) is 18.5 Å². The van der Waals surface area contributed by atoms with Crippen molar-refractivity contribution in [2.75, 3.05) is 5.32 Å². The normalized spacial score (nSPS) is 11.5. The number of nitrogens with one attached hydrogen (secondary N) is 1. The van der Waals surface area contributed by atoms with E-state index in [1.807, 2.05) is 25.1 Å². The van der Waals surface area contributed by atoms with E-state index in [0.717, 1.165) is 5.56 Å². The zero-order chi connectivity index (χ0) is 13.7. The number of benzene rings is 1. The third-order valence-electron chi connectivity index (χ3n) is 2.19. The van der Waals surface area contributed by atoms with Gasteiger partial charge < -0.3 is 5.32 Å². The van der Waals surface area contributed by atoms with Crippen molar-refractivity contribution in [3.05, 3.63) is 64.7 Å². The van der Waals surface area contributed by atoms with Crippen molar-refractivity contribution in [1.29, 1.82) is 0 Å². The lowest BCUT2D eigenvalue weighted by molar-refractivity contribution is -0.112. The first-order valence-electron chi connectivity index (χ1n) is 5.20. The number of hydrogen-bond donors (Lipinski definition) is 1. The summed E-state index contributed by atoms with van der Waals surface area (Å²) in [5.74, 6) is -0.412. The van der Waals surface area contributed by atoms with Crippen LogP contribution in [0.1, 0.15) is 5.56 Å². The molecule has 1 amide bonds. The van der Waals surface area contributed by atoms with Crippen LogP contribution in [0.4, 0.5) is 5.69 Å². The Balaban J connectivity index is 3.01. The van der Waals surface area contributed by atoms with Crippen LogP contribution in [0, 0.1) is 6.92 Å². The van der Waals surface area contributed by atoms with Crippen LogP contribution < -0.4 is 5.32 Å². The largest absolute Gasteiger partial charge is 0.322 e. The van der Waals surface area contributed by atoms with Gasteiger partial charge in [-0.3, -0.25) is 4.79 Å². The number of carbonyl (C=O) groups is 1. The summed E-state index contributed by atoms with van der Waals surface area (Å²) in [5.41, 5.74) is 1.83. The van der Waals surface area contributed by atoms with Crippen LogP contribution in [0.25, 0.3) is 0 Å².